The van der Waals surface area contributed by atoms with Gasteiger partial charge < -0.3 is 9.67 Å². The number of aliphatic hydroxyl groups is 1. The van der Waals surface area contributed by atoms with Gasteiger partial charge in [0.1, 0.15) is 12.0 Å². The first-order valence-electron chi connectivity index (χ1n) is 8.94. The molecule has 0 aliphatic heterocycles. The fourth-order valence-corrected chi connectivity index (χ4v) is 3.70. The first-order valence-corrected chi connectivity index (χ1v) is 9.32. The minimum Gasteiger partial charge on any atom is -0.396 e. The molecule has 5 heteroatoms. The number of halogens is 1. The Kier molecular flexibility index (Phi) is 5.71. The lowest BCUT2D eigenvalue weighted by Gasteiger charge is -2.13. The van der Waals surface area contributed by atoms with Gasteiger partial charge in [-0.05, 0) is 43.4 Å². The number of hydrogen-bond donors (Lipinski definition) is 1. The summed E-state index contributed by atoms with van der Waals surface area (Å²) in [6.07, 6.45) is 6.91. The van der Waals surface area contributed by atoms with Crippen LogP contribution in [0.2, 0.25) is 5.02 Å². The van der Waals surface area contributed by atoms with Crippen LogP contribution in [0.4, 0.5) is 0 Å². The van der Waals surface area contributed by atoms with Gasteiger partial charge in [0.25, 0.3) is 0 Å². The zero-order chi connectivity index (χ0) is 17.8. The summed E-state index contributed by atoms with van der Waals surface area (Å²) in [4.78, 5) is 8.97. The van der Waals surface area contributed by atoms with E-state index in [0.717, 1.165) is 46.6 Å². The fourth-order valence-electron chi connectivity index (χ4n) is 3.57. The van der Waals surface area contributed by atoms with E-state index in [-0.39, 0.29) is 6.61 Å². The predicted molar refractivity (Wildman–Crippen MR) is 103 cm³/mol. The Labute approximate surface area is 153 Å². The van der Waals surface area contributed by atoms with Crippen molar-refractivity contribution < 1.29 is 5.11 Å². The minimum absolute atomic E-state index is 0.278. The van der Waals surface area contributed by atoms with Gasteiger partial charge in [-0.1, -0.05) is 37.6 Å². The lowest BCUT2D eigenvalue weighted by Crippen LogP contribution is -2.06. The van der Waals surface area contributed by atoms with Crippen LogP contribution in [-0.4, -0.2) is 26.2 Å². The van der Waals surface area contributed by atoms with Gasteiger partial charge in [0, 0.05) is 34.8 Å². The highest BCUT2D eigenvalue weighted by Gasteiger charge is 2.26. The lowest BCUT2D eigenvalue weighted by atomic mass is 10.1. The van der Waals surface area contributed by atoms with Gasteiger partial charge in [-0.2, -0.15) is 0 Å². The maximum atomic E-state index is 9.36. The van der Waals surface area contributed by atoms with Crippen LogP contribution in [0.5, 0.6) is 0 Å². The molecule has 2 atom stereocenters. The second-order valence-corrected chi connectivity index (χ2v) is 6.64. The summed E-state index contributed by atoms with van der Waals surface area (Å²) in [5.74, 6) is 0.412. The third-order valence-corrected chi connectivity index (χ3v) is 5.04. The summed E-state index contributed by atoms with van der Waals surface area (Å²) < 4.78 is 2.24. The molecule has 0 bridgehead atoms. The van der Waals surface area contributed by atoms with E-state index in [1.54, 1.807) is 6.33 Å². The lowest BCUT2D eigenvalue weighted by molar-refractivity contribution is 0.226. The van der Waals surface area contributed by atoms with E-state index in [0.29, 0.717) is 12.0 Å². The highest BCUT2D eigenvalue weighted by molar-refractivity contribution is 6.30. The molecule has 3 aromatic rings. The quantitative estimate of drug-likeness (QED) is 0.708. The topological polar surface area (TPSA) is 50.9 Å². The van der Waals surface area contributed by atoms with Gasteiger partial charge in [0.2, 0.25) is 0 Å². The van der Waals surface area contributed by atoms with Crippen molar-refractivity contribution in [3.63, 3.8) is 0 Å². The van der Waals surface area contributed by atoms with Crippen molar-refractivity contribution in [2.24, 2.45) is 5.92 Å². The van der Waals surface area contributed by atoms with Gasteiger partial charge in [0.15, 0.2) is 0 Å². The van der Waals surface area contributed by atoms with E-state index >= 15 is 0 Å². The zero-order valence-electron chi connectivity index (χ0n) is 14.7. The average molecular weight is 358 g/mol. The number of benzene rings is 1. The summed E-state index contributed by atoms with van der Waals surface area (Å²) in [5, 5.41) is 11.1. The number of fused-ring (bicyclic) bond motifs is 1. The highest BCUT2D eigenvalue weighted by Crippen LogP contribution is 2.37. The molecule has 1 saturated carbocycles. The van der Waals surface area contributed by atoms with Crippen molar-refractivity contribution in [1.29, 1.82) is 0 Å². The van der Waals surface area contributed by atoms with Crippen molar-refractivity contribution in [1.82, 2.24) is 14.5 Å². The van der Waals surface area contributed by atoms with Crippen molar-refractivity contribution in [3.8, 4) is 11.3 Å². The van der Waals surface area contributed by atoms with Crippen LogP contribution in [0, 0.1) is 5.92 Å². The van der Waals surface area contributed by atoms with E-state index < -0.39 is 0 Å². The Balaban J connectivity index is 0.000000880. The van der Waals surface area contributed by atoms with Crippen LogP contribution in [0.15, 0.2) is 42.9 Å². The van der Waals surface area contributed by atoms with Crippen LogP contribution in [-0.2, 0) is 0 Å². The number of rotatable bonds is 3. The molecular weight excluding hydrogens is 334 g/mol. The fraction of sp³-hybridized carbons (Fsp3) is 0.400. The van der Waals surface area contributed by atoms with Gasteiger partial charge in [0.05, 0.1) is 5.69 Å². The Bertz CT molecular complexity index is 829. The van der Waals surface area contributed by atoms with Gasteiger partial charge >= 0.3 is 0 Å². The van der Waals surface area contributed by atoms with E-state index in [1.165, 1.54) is 0 Å². The van der Waals surface area contributed by atoms with Crippen molar-refractivity contribution in [3.05, 3.63) is 47.9 Å². The highest BCUT2D eigenvalue weighted by atomic mass is 35.5. The number of nitrogens with zero attached hydrogens (tertiary/aromatic N) is 3. The summed E-state index contributed by atoms with van der Waals surface area (Å²) >= 11 is 5.98. The second-order valence-electron chi connectivity index (χ2n) is 6.20. The molecule has 1 fully saturated rings. The predicted octanol–water partition coefficient (Wildman–Crippen LogP) is 5.11. The SMILES string of the molecule is CC.OCC1CCC(n2ccc3c(-c4ccc(Cl)cc4)ncnc32)C1. The maximum absolute atomic E-state index is 9.36. The van der Waals surface area contributed by atoms with Crippen molar-refractivity contribution in [2.45, 2.75) is 39.2 Å². The molecule has 1 N–H and O–H groups in total. The molecule has 2 heterocycles. The summed E-state index contributed by atoms with van der Waals surface area (Å²) in [7, 11) is 0. The van der Waals surface area contributed by atoms with Crippen LogP contribution >= 0.6 is 11.6 Å². The zero-order valence-corrected chi connectivity index (χ0v) is 15.4. The molecule has 0 radical (unpaired) electrons. The Morgan fingerprint density at radius 2 is 1.88 bits per heavy atom. The molecule has 4 rings (SSSR count). The normalized spacial score (nSPS) is 19.7. The van der Waals surface area contributed by atoms with Crippen molar-refractivity contribution in [2.75, 3.05) is 6.61 Å². The molecule has 2 unspecified atom stereocenters. The molecule has 4 nitrogen and oxygen atoms in total. The number of aromatic nitrogens is 3. The van der Waals surface area contributed by atoms with E-state index in [1.807, 2.05) is 38.1 Å². The molecular formula is C20H24ClN3O. The molecule has 2 aromatic heterocycles. The summed E-state index contributed by atoms with van der Waals surface area (Å²) in [5.41, 5.74) is 2.94. The standard InChI is InChI=1S/C18H18ClN3O.C2H6/c19-14-4-2-13(3-5-14)17-16-7-8-22(18(16)21-11-20-17)15-6-1-12(9-15)10-23;1-2/h2-5,7-8,11-12,15,23H,1,6,9-10H2;1-2H3. The van der Waals surface area contributed by atoms with Crippen molar-refractivity contribution >= 4 is 22.6 Å². The van der Waals surface area contributed by atoms with E-state index in [4.69, 9.17) is 11.6 Å². The molecule has 132 valence electrons. The minimum atomic E-state index is 0.278. The van der Waals surface area contributed by atoms with Gasteiger partial charge in [-0.3, -0.25) is 0 Å². The molecule has 0 spiro atoms. The van der Waals surface area contributed by atoms with Crippen LogP contribution < -0.4 is 0 Å². The first kappa shape index (κ1) is 17.9. The van der Waals surface area contributed by atoms with Crippen LogP contribution in [0.1, 0.15) is 39.2 Å². The number of hydrogen-bond acceptors (Lipinski definition) is 3. The Morgan fingerprint density at radius 1 is 1.12 bits per heavy atom. The monoisotopic (exact) mass is 357 g/mol. The van der Waals surface area contributed by atoms with Crippen LogP contribution in [0.25, 0.3) is 22.3 Å². The Hall–Kier alpha value is -1.91. The van der Waals surface area contributed by atoms with E-state index in [2.05, 4.69) is 26.8 Å². The molecule has 1 aliphatic rings. The van der Waals surface area contributed by atoms with Gasteiger partial charge in [-0.15, -0.1) is 0 Å². The molecule has 0 amide bonds. The largest absolute Gasteiger partial charge is 0.396 e. The maximum Gasteiger partial charge on any atom is 0.144 e. The third kappa shape index (κ3) is 3.55. The average Bonchev–Trinajstić information content (AvgIpc) is 3.30. The smallest absolute Gasteiger partial charge is 0.144 e. The molecule has 1 aliphatic carbocycles. The molecule has 0 saturated heterocycles. The Morgan fingerprint density at radius 3 is 2.56 bits per heavy atom. The molecule has 25 heavy (non-hydrogen) atoms. The number of aliphatic hydroxyl groups excluding tert-OH is 1. The summed E-state index contributed by atoms with van der Waals surface area (Å²) in [6.45, 7) is 4.28. The first-order chi connectivity index (χ1) is 12.3. The second kappa shape index (κ2) is 7.98. The molecule has 1 aromatic carbocycles. The van der Waals surface area contributed by atoms with Crippen LogP contribution in [0.3, 0.4) is 0 Å². The van der Waals surface area contributed by atoms with E-state index in [9.17, 15) is 5.11 Å². The summed E-state index contributed by atoms with van der Waals surface area (Å²) in [6, 6.07) is 10.2. The van der Waals surface area contributed by atoms with Gasteiger partial charge in [-0.25, -0.2) is 9.97 Å². The third-order valence-electron chi connectivity index (χ3n) is 4.79.